The fourth-order valence-corrected chi connectivity index (χ4v) is 3.38. The van der Waals surface area contributed by atoms with E-state index in [-0.39, 0.29) is 10.6 Å². The summed E-state index contributed by atoms with van der Waals surface area (Å²) in [4.78, 5) is 11.3. The molecule has 0 aliphatic carbocycles. The molecular formula is C23H20Cl3NO4. The molecule has 31 heavy (non-hydrogen) atoms. The molecule has 0 amide bonds. The molecule has 162 valence electrons. The molecule has 3 aromatic rings. The van der Waals surface area contributed by atoms with Crippen molar-refractivity contribution >= 4 is 46.5 Å². The summed E-state index contributed by atoms with van der Waals surface area (Å²) in [5.74, 6) is 0.0118. The normalized spacial score (nSPS) is 10.6. The van der Waals surface area contributed by atoms with E-state index in [0.29, 0.717) is 47.0 Å². The Morgan fingerprint density at radius 3 is 2.32 bits per heavy atom. The Hall–Kier alpha value is -2.60. The van der Waals surface area contributed by atoms with Crippen molar-refractivity contribution in [3.63, 3.8) is 0 Å². The van der Waals surface area contributed by atoms with E-state index in [1.54, 1.807) is 24.3 Å². The Bertz CT molecular complexity index is 1070. The van der Waals surface area contributed by atoms with Crippen molar-refractivity contribution in [3.05, 3.63) is 86.4 Å². The lowest BCUT2D eigenvalue weighted by molar-refractivity contribution is 0.0697. The van der Waals surface area contributed by atoms with Gasteiger partial charge in [-0.2, -0.15) is 0 Å². The average Bonchev–Trinajstić information content (AvgIpc) is 2.74. The summed E-state index contributed by atoms with van der Waals surface area (Å²) >= 11 is 18.3. The monoisotopic (exact) mass is 479 g/mol. The number of carbonyl (C=O) groups is 1. The van der Waals surface area contributed by atoms with Gasteiger partial charge in [0.2, 0.25) is 0 Å². The van der Waals surface area contributed by atoms with Crippen LogP contribution in [0.4, 0.5) is 5.69 Å². The molecule has 0 saturated carbocycles. The first-order valence-electron chi connectivity index (χ1n) is 9.46. The molecule has 0 saturated heterocycles. The SMILES string of the molecule is CCOc1cc(CNc2ccc(Cl)c(C(=O)O)c2)c(Cl)cc1OCc1ccc(Cl)cc1. The van der Waals surface area contributed by atoms with Crippen LogP contribution in [-0.2, 0) is 13.2 Å². The maximum Gasteiger partial charge on any atom is 0.337 e. The van der Waals surface area contributed by atoms with Crippen LogP contribution in [-0.4, -0.2) is 17.7 Å². The van der Waals surface area contributed by atoms with Gasteiger partial charge in [-0.25, -0.2) is 4.79 Å². The van der Waals surface area contributed by atoms with Crippen molar-refractivity contribution in [3.8, 4) is 11.5 Å². The highest BCUT2D eigenvalue weighted by Crippen LogP contribution is 2.35. The van der Waals surface area contributed by atoms with Crippen molar-refractivity contribution in [2.45, 2.75) is 20.1 Å². The second-order valence-electron chi connectivity index (χ2n) is 6.59. The summed E-state index contributed by atoms with van der Waals surface area (Å²) < 4.78 is 11.6. The maximum atomic E-state index is 11.3. The second-order valence-corrected chi connectivity index (χ2v) is 7.84. The molecule has 2 N–H and O–H groups in total. The van der Waals surface area contributed by atoms with Crippen LogP contribution >= 0.6 is 34.8 Å². The number of hydrogen-bond donors (Lipinski definition) is 2. The summed E-state index contributed by atoms with van der Waals surface area (Å²) in [7, 11) is 0. The molecule has 5 nitrogen and oxygen atoms in total. The topological polar surface area (TPSA) is 67.8 Å². The Labute approximate surface area is 195 Å². The van der Waals surface area contributed by atoms with Gasteiger partial charge in [-0.1, -0.05) is 46.9 Å². The van der Waals surface area contributed by atoms with Crippen molar-refractivity contribution in [1.82, 2.24) is 0 Å². The van der Waals surface area contributed by atoms with Crippen molar-refractivity contribution in [2.75, 3.05) is 11.9 Å². The van der Waals surface area contributed by atoms with Gasteiger partial charge in [-0.05, 0) is 54.4 Å². The number of rotatable bonds is 9. The summed E-state index contributed by atoms with van der Waals surface area (Å²) in [6.07, 6.45) is 0. The summed E-state index contributed by atoms with van der Waals surface area (Å²) in [5.41, 5.74) is 2.37. The molecule has 0 unspecified atom stereocenters. The number of benzene rings is 3. The van der Waals surface area contributed by atoms with Crippen molar-refractivity contribution in [2.24, 2.45) is 0 Å². The molecule has 8 heteroatoms. The minimum absolute atomic E-state index is 0.0266. The zero-order valence-electron chi connectivity index (χ0n) is 16.6. The van der Waals surface area contributed by atoms with Gasteiger partial charge in [0.05, 0.1) is 17.2 Å². The average molecular weight is 481 g/mol. The van der Waals surface area contributed by atoms with E-state index < -0.39 is 5.97 Å². The molecule has 0 radical (unpaired) electrons. The minimum atomic E-state index is -1.09. The Kier molecular flexibility index (Phi) is 7.91. The number of carboxylic acid groups (broad SMARTS) is 1. The molecule has 0 aliphatic heterocycles. The Morgan fingerprint density at radius 2 is 1.65 bits per heavy atom. The zero-order valence-corrected chi connectivity index (χ0v) is 18.9. The first kappa shape index (κ1) is 23.1. The fraction of sp³-hybridized carbons (Fsp3) is 0.174. The van der Waals surface area contributed by atoms with Crippen molar-refractivity contribution < 1.29 is 19.4 Å². The summed E-state index contributed by atoms with van der Waals surface area (Å²) in [6, 6.07) is 15.6. The standard InChI is InChI=1S/C23H20Cl3NO4/c1-2-30-21-9-15(12-27-17-7-8-19(25)18(10-17)23(28)29)20(26)11-22(21)31-13-14-3-5-16(24)6-4-14/h3-11,27H,2,12-13H2,1H3,(H,28,29). The third kappa shape index (κ3) is 6.20. The molecular weight excluding hydrogens is 461 g/mol. The summed E-state index contributed by atoms with van der Waals surface area (Å²) in [6.45, 7) is 3.05. The minimum Gasteiger partial charge on any atom is -0.490 e. The van der Waals surface area contributed by atoms with E-state index >= 15 is 0 Å². The van der Waals surface area contributed by atoms with Gasteiger partial charge in [-0.3, -0.25) is 0 Å². The van der Waals surface area contributed by atoms with E-state index in [9.17, 15) is 9.90 Å². The van der Waals surface area contributed by atoms with Crippen LogP contribution in [0.1, 0.15) is 28.4 Å². The molecule has 0 bridgehead atoms. The molecule has 0 atom stereocenters. The number of carboxylic acids is 1. The fourth-order valence-electron chi connectivity index (χ4n) is 2.83. The van der Waals surface area contributed by atoms with Crippen LogP contribution in [0.25, 0.3) is 0 Å². The molecule has 0 spiro atoms. The van der Waals surface area contributed by atoms with Gasteiger partial charge in [0.1, 0.15) is 6.61 Å². The van der Waals surface area contributed by atoms with E-state index in [0.717, 1.165) is 11.1 Å². The Morgan fingerprint density at radius 1 is 0.935 bits per heavy atom. The quantitative estimate of drug-likeness (QED) is 0.347. The van der Waals surface area contributed by atoms with Gasteiger partial charge in [0, 0.05) is 28.3 Å². The third-order valence-corrected chi connectivity index (χ3v) is 5.33. The highest BCUT2D eigenvalue weighted by Gasteiger charge is 2.13. The number of nitrogens with one attached hydrogen (secondary N) is 1. The van der Waals surface area contributed by atoms with E-state index in [1.165, 1.54) is 12.1 Å². The molecule has 3 rings (SSSR count). The lowest BCUT2D eigenvalue weighted by Crippen LogP contribution is -2.05. The van der Waals surface area contributed by atoms with Crippen LogP contribution in [0.5, 0.6) is 11.5 Å². The van der Waals surface area contributed by atoms with Crippen LogP contribution in [0.3, 0.4) is 0 Å². The summed E-state index contributed by atoms with van der Waals surface area (Å²) in [5, 5.41) is 13.7. The van der Waals surface area contributed by atoms with E-state index in [4.69, 9.17) is 44.3 Å². The number of aromatic carboxylic acids is 1. The smallest absolute Gasteiger partial charge is 0.337 e. The van der Waals surface area contributed by atoms with E-state index in [2.05, 4.69) is 5.32 Å². The number of halogens is 3. The van der Waals surface area contributed by atoms with Gasteiger partial charge in [0.25, 0.3) is 0 Å². The lowest BCUT2D eigenvalue weighted by Gasteiger charge is -2.16. The van der Waals surface area contributed by atoms with Gasteiger partial charge >= 0.3 is 5.97 Å². The van der Waals surface area contributed by atoms with Gasteiger partial charge in [-0.15, -0.1) is 0 Å². The molecule has 0 aromatic heterocycles. The number of anilines is 1. The van der Waals surface area contributed by atoms with Crippen LogP contribution in [0.2, 0.25) is 15.1 Å². The highest BCUT2D eigenvalue weighted by molar-refractivity contribution is 6.33. The molecule has 3 aromatic carbocycles. The second kappa shape index (κ2) is 10.6. The number of ether oxygens (including phenoxy) is 2. The maximum absolute atomic E-state index is 11.3. The van der Waals surface area contributed by atoms with Crippen LogP contribution in [0.15, 0.2) is 54.6 Å². The first-order valence-corrected chi connectivity index (χ1v) is 10.6. The van der Waals surface area contributed by atoms with Crippen LogP contribution < -0.4 is 14.8 Å². The predicted octanol–water partition coefficient (Wildman–Crippen LogP) is 6.93. The van der Waals surface area contributed by atoms with E-state index in [1.807, 2.05) is 25.1 Å². The largest absolute Gasteiger partial charge is 0.490 e. The lowest BCUT2D eigenvalue weighted by atomic mass is 10.1. The Balaban J connectivity index is 1.75. The van der Waals surface area contributed by atoms with Gasteiger partial charge in [0.15, 0.2) is 11.5 Å². The highest BCUT2D eigenvalue weighted by atomic mass is 35.5. The molecule has 0 heterocycles. The van der Waals surface area contributed by atoms with Crippen molar-refractivity contribution in [1.29, 1.82) is 0 Å². The molecule has 0 aliphatic rings. The van der Waals surface area contributed by atoms with Crippen LogP contribution in [0, 0.1) is 0 Å². The number of hydrogen-bond acceptors (Lipinski definition) is 4. The van der Waals surface area contributed by atoms with Gasteiger partial charge < -0.3 is 19.9 Å². The first-order chi connectivity index (χ1) is 14.9. The zero-order chi connectivity index (χ0) is 22.4. The third-order valence-electron chi connectivity index (χ3n) is 4.40. The predicted molar refractivity (Wildman–Crippen MR) is 124 cm³/mol. The molecule has 0 fully saturated rings.